The van der Waals surface area contributed by atoms with E-state index < -0.39 is 0 Å². The highest BCUT2D eigenvalue weighted by Gasteiger charge is 2.36. The largest absolute Gasteiger partial charge is 0.310 e. The molecule has 2 aromatic carbocycles. The van der Waals surface area contributed by atoms with E-state index in [2.05, 4.69) is 91.8 Å². The molecule has 1 fully saturated rings. The summed E-state index contributed by atoms with van der Waals surface area (Å²) in [6.45, 7) is 11.2. The highest BCUT2D eigenvalue weighted by atomic mass is 15.3. The summed E-state index contributed by atoms with van der Waals surface area (Å²) in [5.41, 5.74) is 6.07. The maximum atomic E-state index is 5.24. The first-order valence-corrected chi connectivity index (χ1v) is 19.5. The Kier molecular flexibility index (Phi) is 13.2. The van der Waals surface area contributed by atoms with Crippen LogP contribution in [0.4, 0.5) is 11.6 Å². The number of fused-ring (bicyclic) bond motifs is 2. The number of rotatable bonds is 13. The molecule has 3 aromatic rings. The van der Waals surface area contributed by atoms with Gasteiger partial charge in [-0.05, 0) is 80.2 Å². The molecule has 0 spiro atoms. The molecular weight excluding hydrogens is 621 g/mol. The number of allylic oxidation sites excluding steroid dienone is 12. The zero-order valence-corrected chi connectivity index (χ0v) is 30.7. The zero-order chi connectivity index (χ0) is 35.3. The molecular formula is C47H56N4. The fourth-order valence-corrected chi connectivity index (χ4v) is 8.56. The highest BCUT2D eigenvalue weighted by molar-refractivity contribution is 5.74. The Morgan fingerprint density at radius 3 is 2.55 bits per heavy atom. The first-order chi connectivity index (χ1) is 25.2. The van der Waals surface area contributed by atoms with E-state index in [9.17, 15) is 0 Å². The third-order valence-corrected chi connectivity index (χ3v) is 11.2. The molecule has 4 heteroatoms. The maximum absolute atomic E-state index is 5.24. The fourth-order valence-electron chi connectivity index (χ4n) is 8.56. The molecule has 4 unspecified atom stereocenters. The Hall–Kier alpha value is -4.57. The summed E-state index contributed by atoms with van der Waals surface area (Å²) in [5.74, 6) is 4.79. The van der Waals surface area contributed by atoms with Crippen LogP contribution >= 0.6 is 0 Å². The number of hydrogen-bond donors (Lipinski definition) is 0. The molecule has 6 rings (SSSR count). The molecule has 0 saturated heterocycles. The molecule has 2 aliphatic carbocycles. The molecule has 0 bridgehead atoms. The van der Waals surface area contributed by atoms with E-state index in [-0.39, 0.29) is 0 Å². The second kappa shape index (κ2) is 18.6. The lowest BCUT2D eigenvalue weighted by Crippen LogP contribution is -2.34. The summed E-state index contributed by atoms with van der Waals surface area (Å²) in [4.78, 5) is 17.9. The van der Waals surface area contributed by atoms with E-state index in [1.165, 1.54) is 75.5 Å². The topological polar surface area (TPSA) is 41.9 Å². The van der Waals surface area contributed by atoms with Gasteiger partial charge in [-0.2, -0.15) is 9.97 Å². The average Bonchev–Trinajstić information content (AvgIpc) is 3.51. The van der Waals surface area contributed by atoms with E-state index in [1.54, 1.807) is 17.7 Å². The second-order valence-electron chi connectivity index (χ2n) is 14.6. The van der Waals surface area contributed by atoms with Crippen molar-refractivity contribution in [1.82, 2.24) is 15.0 Å². The summed E-state index contributed by atoms with van der Waals surface area (Å²) >= 11 is 0. The number of anilines is 2. The molecule has 4 nitrogen and oxygen atoms in total. The molecule has 1 aromatic heterocycles. The van der Waals surface area contributed by atoms with Crippen molar-refractivity contribution in [2.24, 2.45) is 23.7 Å². The van der Waals surface area contributed by atoms with Crippen molar-refractivity contribution in [3.05, 3.63) is 145 Å². The summed E-state index contributed by atoms with van der Waals surface area (Å²) < 4.78 is 0. The van der Waals surface area contributed by atoms with Crippen molar-refractivity contribution in [1.29, 1.82) is 0 Å². The lowest BCUT2D eigenvalue weighted by atomic mass is 9.69. The van der Waals surface area contributed by atoms with E-state index in [0.717, 1.165) is 48.3 Å². The molecule has 51 heavy (non-hydrogen) atoms. The van der Waals surface area contributed by atoms with E-state index in [0.29, 0.717) is 23.5 Å². The van der Waals surface area contributed by atoms with Crippen molar-refractivity contribution in [2.45, 2.75) is 84.0 Å². The Morgan fingerprint density at radius 1 is 0.863 bits per heavy atom. The molecule has 2 heterocycles. The van der Waals surface area contributed by atoms with Crippen LogP contribution in [0, 0.1) is 23.7 Å². The minimum atomic E-state index is 0.555. The van der Waals surface area contributed by atoms with Gasteiger partial charge in [0.15, 0.2) is 11.6 Å². The molecule has 1 saturated carbocycles. The zero-order valence-electron chi connectivity index (χ0n) is 30.7. The second-order valence-corrected chi connectivity index (χ2v) is 14.6. The van der Waals surface area contributed by atoms with Gasteiger partial charge in [0.1, 0.15) is 0 Å². The van der Waals surface area contributed by atoms with Crippen LogP contribution in [0.25, 0.3) is 17.0 Å². The van der Waals surface area contributed by atoms with E-state index in [4.69, 9.17) is 15.0 Å². The van der Waals surface area contributed by atoms with Crippen molar-refractivity contribution < 1.29 is 0 Å². The molecule has 1 aliphatic heterocycles. The standard InChI is InChI=1S/C47H56N4/c1-4-7-24-37-29-19-31-41-33-42-28-16-17-32-44(42)51(35-43(41)34-40(37)30-18-23-36-21-12-9-10-13-22-36)47-49-45(38(20-6-3)25-8-5-2)48-46(50-47)39-26-14-11-15-27-39/h5-6,8-17,20-21,25-28,32,37,40-41,43H,2-4,7,18-19,22-24,29-31,33-35H2,1H3/b25-8-,38-20+. The van der Waals surface area contributed by atoms with Gasteiger partial charge in [0, 0.05) is 23.4 Å². The number of para-hydroxylation sites is 1. The first kappa shape index (κ1) is 36.2. The van der Waals surface area contributed by atoms with Crippen LogP contribution < -0.4 is 4.90 Å². The minimum absolute atomic E-state index is 0.555. The van der Waals surface area contributed by atoms with Crippen LogP contribution in [0.1, 0.15) is 88.9 Å². The SMILES string of the molecule is C=C/C=C\C(=C/C=C)c1nc(-c2ccccc2)nc(N2CC3CC(CCCC4=CC=CC=CC4)C(CCCC)CCCC3Cc3ccccc32)n1. The van der Waals surface area contributed by atoms with Gasteiger partial charge in [0.25, 0.3) is 0 Å². The van der Waals surface area contributed by atoms with Crippen LogP contribution in [-0.4, -0.2) is 21.5 Å². The summed E-state index contributed by atoms with van der Waals surface area (Å²) in [5, 5.41) is 0. The van der Waals surface area contributed by atoms with Crippen molar-refractivity contribution in [3.8, 4) is 11.4 Å². The summed E-state index contributed by atoms with van der Waals surface area (Å²) in [6, 6.07) is 19.3. The van der Waals surface area contributed by atoms with Crippen LogP contribution in [0.15, 0.2) is 134 Å². The van der Waals surface area contributed by atoms with Crippen LogP contribution in [-0.2, 0) is 6.42 Å². The number of benzene rings is 2. The van der Waals surface area contributed by atoms with Crippen LogP contribution in [0.5, 0.6) is 0 Å². The van der Waals surface area contributed by atoms with Crippen LogP contribution in [0.3, 0.4) is 0 Å². The molecule has 0 amide bonds. The van der Waals surface area contributed by atoms with Gasteiger partial charge in [0.2, 0.25) is 5.95 Å². The number of unbranched alkanes of at least 4 members (excludes halogenated alkanes) is 1. The predicted molar refractivity (Wildman–Crippen MR) is 217 cm³/mol. The van der Waals surface area contributed by atoms with Gasteiger partial charge in [-0.1, -0.05) is 167 Å². The monoisotopic (exact) mass is 676 g/mol. The normalized spacial score (nSPS) is 22.3. The lowest BCUT2D eigenvalue weighted by molar-refractivity contribution is 0.153. The fraction of sp³-hybridized carbons (Fsp3) is 0.383. The number of hydrogen-bond acceptors (Lipinski definition) is 4. The molecule has 4 atom stereocenters. The van der Waals surface area contributed by atoms with Crippen molar-refractivity contribution >= 4 is 17.2 Å². The number of aromatic nitrogens is 3. The average molecular weight is 677 g/mol. The van der Waals surface area contributed by atoms with Gasteiger partial charge < -0.3 is 4.90 Å². The summed E-state index contributed by atoms with van der Waals surface area (Å²) in [6.07, 6.45) is 35.9. The van der Waals surface area contributed by atoms with Gasteiger partial charge in [-0.15, -0.1) is 0 Å². The third-order valence-electron chi connectivity index (χ3n) is 11.2. The maximum Gasteiger partial charge on any atom is 0.234 e. The Labute approximate surface area is 307 Å². The first-order valence-electron chi connectivity index (χ1n) is 19.5. The van der Waals surface area contributed by atoms with Crippen molar-refractivity contribution in [3.63, 3.8) is 0 Å². The third kappa shape index (κ3) is 9.61. The van der Waals surface area contributed by atoms with Gasteiger partial charge in [-0.3, -0.25) is 0 Å². The smallest absolute Gasteiger partial charge is 0.234 e. The van der Waals surface area contributed by atoms with E-state index >= 15 is 0 Å². The molecule has 0 N–H and O–H groups in total. The van der Waals surface area contributed by atoms with Gasteiger partial charge in [0.05, 0.1) is 0 Å². The predicted octanol–water partition coefficient (Wildman–Crippen LogP) is 12.4. The van der Waals surface area contributed by atoms with Gasteiger partial charge in [-0.25, -0.2) is 4.98 Å². The van der Waals surface area contributed by atoms with Crippen LogP contribution in [0.2, 0.25) is 0 Å². The molecule has 0 radical (unpaired) electrons. The minimum Gasteiger partial charge on any atom is -0.310 e. The van der Waals surface area contributed by atoms with Crippen molar-refractivity contribution in [2.75, 3.05) is 11.4 Å². The quantitative estimate of drug-likeness (QED) is 0.169. The Bertz CT molecular complexity index is 1760. The number of nitrogens with zero attached hydrogens (tertiary/aromatic N) is 4. The summed E-state index contributed by atoms with van der Waals surface area (Å²) in [7, 11) is 0. The Balaban J connectivity index is 1.37. The highest BCUT2D eigenvalue weighted by Crippen LogP contribution is 2.45. The molecule has 3 aliphatic rings. The lowest BCUT2D eigenvalue weighted by Gasteiger charge is -2.38. The molecule has 264 valence electrons. The van der Waals surface area contributed by atoms with Gasteiger partial charge >= 0.3 is 0 Å². The Morgan fingerprint density at radius 2 is 1.71 bits per heavy atom. The van der Waals surface area contributed by atoms with E-state index in [1.807, 2.05) is 36.4 Å².